The lowest BCUT2D eigenvalue weighted by Crippen LogP contribution is -2.38. The van der Waals surface area contributed by atoms with Crippen molar-refractivity contribution in [2.45, 2.75) is 51.6 Å². The number of hydrogen-bond acceptors (Lipinski definition) is 5. The van der Waals surface area contributed by atoms with Crippen molar-refractivity contribution in [1.29, 1.82) is 0 Å². The fraction of sp³-hybridized carbons (Fsp3) is 0.733. The van der Waals surface area contributed by atoms with Crippen LogP contribution in [0.5, 0.6) is 0 Å². The Morgan fingerprint density at radius 2 is 2.14 bits per heavy atom. The van der Waals surface area contributed by atoms with E-state index in [0.717, 1.165) is 34.5 Å². The number of aliphatic hydroxyl groups is 1. The smallest absolute Gasteiger partial charge is 0.308 e. The van der Waals surface area contributed by atoms with Gasteiger partial charge in [0.1, 0.15) is 10.6 Å². The summed E-state index contributed by atoms with van der Waals surface area (Å²) in [6.45, 7) is 4.26. The van der Waals surface area contributed by atoms with E-state index in [1.807, 2.05) is 13.8 Å². The summed E-state index contributed by atoms with van der Waals surface area (Å²) in [4.78, 5) is 16.1. The Hall–Kier alpha value is -0.460. The average Bonchev–Trinajstić information content (AvgIpc) is 2.94. The van der Waals surface area contributed by atoms with Gasteiger partial charge >= 0.3 is 5.97 Å². The standard InChI is InChI=1S/C15H22BrNO3S/c1-3-15(19,14-17-9-12(16)21-14)11-7-5-10(6-8-11)13(18)20-4-2/h9-11,19H,3-8H2,1-2H3/t10-,11-,15?. The second-order valence-electron chi connectivity index (χ2n) is 5.55. The first kappa shape index (κ1) is 16.9. The summed E-state index contributed by atoms with van der Waals surface area (Å²) >= 11 is 4.90. The van der Waals surface area contributed by atoms with Crippen molar-refractivity contribution in [2.75, 3.05) is 6.61 Å². The lowest BCUT2D eigenvalue weighted by atomic mass is 9.72. The molecule has 1 unspecified atom stereocenters. The van der Waals surface area contributed by atoms with Crippen molar-refractivity contribution in [2.24, 2.45) is 11.8 Å². The zero-order valence-corrected chi connectivity index (χ0v) is 14.9. The summed E-state index contributed by atoms with van der Waals surface area (Å²) in [6, 6.07) is 0. The maximum Gasteiger partial charge on any atom is 0.308 e. The van der Waals surface area contributed by atoms with Crippen molar-refractivity contribution in [3.05, 3.63) is 15.0 Å². The SMILES string of the molecule is CCOC(=O)[C@H]1CC[C@H](C(O)(CC)c2ncc(Br)s2)CC1. The number of carbonyl (C=O) groups is 1. The molecule has 4 nitrogen and oxygen atoms in total. The third kappa shape index (κ3) is 3.66. The van der Waals surface area contributed by atoms with E-state index >= 15 is 0 Å². The summed E-state index contributed by atoms with van der Waals surface area (Å²) in [5.74, 6) is 0.0598. The quantitative estimate of drug-likeness (QED) is 0.793. The van der Waals surface area contributed by atoms with Crippen molar-refractivity contribution in [1.82, 2.24) is 4.98 Å². The molecule has 1 aliphatic rings. The zero-order chi connectivity index (χ0) is 15.5. The van der Waals surface area contributed by atoms with Crippen LogP contribution in [0.4, 0.5) is 0 Å². The van der Waals surface area contributed by atoms with Gasteiger partial charge in [0.05, 0.1) is 22.5 Å². The predicted molar refractivity (Wildman–Crippen MR) is 86.1 cm³/mol. The maximum atomic E-state index is 11.8. The largest absolute Gasteiger partial charge is 0.466 e. The van der Waals surface area contributed by atoms with Crippen molar-refractivity contribution in [3.63, 3.8) is 0 Å². The lowest BCUT2D eigenvalue weighted by molar-refractivity contribution is -0.150. The van der Waals surface area contributed by atoms with Crippen molar-refractivity contribution < 1.29 is 14.6 Å². The zero-order valence-electron chi connectivity index (χ0n) is 12.5. The molecule has 0 aliphatic heterocycles. The van der Waals surface area contributed by atoms with E-state index in [0.29, 0.717) is 13.0 Å². The second-order valence-corrected chi connectivity index (χ2v) is 7.96. The van der Waals surface area contributed by atoms with Crippen LogP contribution >= 0.6 is 27.3 Å². The normalized spacial score (nSPS) is 25.3. The molecular weight excluding hydrogens is 354 g/mol. The maximum absolute atomic E-state index is 11.8. The first-order valence-corrected chi connectivity index (χ1v) is 9.13. The number of esters is 1. The van der Waals surface area contributed by atoms with Crippen LogP contribution in [0.15, 0.2) is 9.98 Å². The molecule has 118 valence electrons. The van der Waals surface area contributed by atoms with E-state index in [2.05, 4.69) is 20.9 Å². The van der Waals surface area contributed by atoms with E-state index in [4.69, 9.17) is 4.74 Å². The number of nitrogens with zero attached hydrogens (tertiary/aromatic N) is 1. The topological polar surface area (TPSA) is 59.4 Å². The van der Waals surface area contributed by atoms with Gasteiger partial charge in [-0.15, -0.1) is 11.3 Å². The number of rotatable bonds is 5. The van der Waals surface area contributed by atoms with Gasteiger partial charge in [0.15, 0.2) is 0 Å². The van der Waals surface area contributed by atoms with E-state index < -0.39 is 5.60 Å². The van der Waals surface area contributed by atoms with Gasteiger partial charge in [0, 0.05) is 0 Å². The van der Waals surface area contributed by atoms with E-state index in [-0.39, 0.29) is 17.8 Å². The van der Waals surface area contributed by atoms with Crippen LogP contribution < -0.4 is 0 Å². The second kappa shape index (κ2) is 7.20. The Balaban J connectivity index is 2.04. The van der Waals surface area contributed by atoms with Crippen LogP contribution in [0.1, 0.15) is 51.0 Å². The van der Waals surface area contributed by atoms with Gasteiger partial charge in [-0.2, -0.15) is 0 Å². The van der Waals surface area contributed by atoms with Crippen LogP contribution in [-0.4, -0.2) is 22.7 Å². The molecule has 0 bridgehead atoms. The van der Waals surface area contributed by atoms with Gasteiger partial charge in [-0.3, -0.25) is 4.79 Å². The third-order valence-electron chi connectivity index (χ3n) is 4.41. The molecule has 1 saturated carbocycles. The highest BCUT2D eigenvalue weighted by Crippen LogP contribution is 2.44. The number of halogens is 1. The minimum absolute atomic E-state index is 0.00895. The number of thiazole rings is 1. The summed E-state index contributed by atoms with van der Waals surface area (Å²) in [5.41, 5.74) is -0.879. The average molecular weight is 376 g/mol. The summed E-state index contributed by atoms with van der Waals surface area (Å²) in [7, 11) is 0. The van der Waals surface area contributed by atoms with Crippen molar-refractivity contribution in [3.8, 4) is 0 Å². The molecule has 0 aromatic carbocycles. The molecule has 1 atom stereocenters. The Morgan fingerprint density at radius 3 is 2.62 bits per heavy atom. The highest BCUT2D eigenvalue weighted by Gasteiger charge is 2.42. The first-order valence-electron chi connectivity index (χ1n) is 7.52. The molecule has 1 heterocycles. The molecule has 6 heteroatoms. The molecule has 2 rings (SSSR count). The van der Waals surface area contributed by atoms with Crippen LogP contribution in [0.2, 0.25) is 0 Å². The molecule has 21 heavy (non-hydrogen) atoms. The Morgan fingerprint density at radius 1 is 1.48 bits per heavy atom. The molecular formula is C15H22BrNO3S. The number of aromatic nitrogens is 1. The van der Waals surface area contributed by atoms with Crippen LogP contribution in [-0.2, 0) is 15.1 Å². The molecule has 0 amide bonds. The van der Waals surface area contributed by atoms with Gasteiger partial charge in [0.25, 0.3) is 0 Å². The van der Waals surface area contributed by atoms with Crippen molar-refractivity contribution >= 4 is 33.2 Å². The molecule has 0 spiro atoms. The van der Waals surface area contributed by atoms with Gasteiger partial charge in [-0.25, -0.2) is 4.98 Å². The number of carbonyl (C=O) groups excluding carboxylic acids is 1. The number of ether oxygens (including phenoxy) is 1. The van der Waals surface area contributed by atoms with Gasteiger partial charge in [-0.1, -0.05) is 6.92 Å². The van der Waals surface area contributed by atoms with Crippen LogP contribution in [0.3, 0.4) is 0 Å². The fourth-order valence-corrected chi connectivity index (χ4v) is 4.58. The highest BCUT2D eigenvalue weighted by atomic mass is 79.9. The molecule has 0 radical (unpaired) electrons. The minimum Gasteiger partial charge on any atom is -0.466 e. The summed E-state index contributed by atoms with van der Waals surface area (Å²) in [6.07, 6.45) is 5.64. The molecule has 1 aromatic rings. The highest BCUT2D eigenvalue weighted by molar-refractivity contribution is 9.11. The summed E-state index contributed by atoms with van der Waals surface area (Å²) in [5, 5.41) is 11.8. The van der Waals surface area contributed by atoms with Crippen LogP contribution in [0, 0.1) is 11.8 Å². The Labute approximate surface area is 138 Å². The molecule has 1 N–H and O–H groups in total. The van der Waals surface area contributed by atoms with E-state index in [9.17, 15) is 9.90 Å². The summed E-state index contributed by atoms with van der Waals surface area (Å²) < 4.78 is 6.03. The molecule has 1 fully saturated rings. The Bertz CT molecular complexity index is 485. The number of hydrogen-bond donors (Lipinski definition) is 1. The predicted octanol–water partition coefficient (Wildman–Crippen LogP) is 3.87. The molecule has 1 aliphatic carbocycles. The monoisotopic (exact) mass is 375 g/mol. The van der Waals surface area contributed by atoms with E-state index in [1.54, 1.807) is 6.20 Å². The van der Waals surface area contributed by atoms with Gasteiger partial charge in [-0.05, 0) is 60.9 Å². The Kier molecular flexibility index (Phi) is 5.80. The molecule has 0 saturated heterocycles. The lowest BCUT2D eigenvalue weighted by Gasteiger charge is -2.38. The minimum atomic E-state index is -0.879. The fourth-order valence-electron chi connectivity index (χ4n) is 3.14. The van der Waals surface area contributed by atoms with E-state index in [1.165, 1.54) is 11.3 Å². The van der Waals surface area contributed by atoms with Gasteiger partial charge in [0.2, 0.25) is 0 Å². The third-order valence-corrected chi connectivity index (χ3v) is 6.05. The molecule has 1 aromatic heterocycles. The van der Waals surface area contributed by atoms with Gasteiger partial charge < -0.3 is 9.84 Å². The van der Waals surface area contributed by atoms with Crippen LogP contribution in [0.25, 0.3) is 0 Å². The first-order chi connectivity index (χ1) is 10.0.